The average Bonchev–Trinajstić information content (AvgIpc) is 3.17. The van der Waals surface area contributed by atoms with Crippen molar-refractivity contribution in [1.82, 2.24) is 19.9 Å². The number of ether oxygens (including phenoxy) is 1. The molecule has 1 saturated heterocycles. The molecule has 0 bridgehead atoms. The highest BCUT2D eigenvalue weighted by Crippen LogP contribution is 2.32. The van der Waals surface area contributed by atoms with E-state index in [9.17, 15) is 22.4 Å². The molecule has 3 aromatic rings. The molecule has 0 radical (unpaired) electrons. The van der Waals surface area contributed by atoms with Crippen LogP contribution >= 0.6 is 0 Å². The Kier molecular flexibility index (Phi) is 5.88. The number of halogens is 4. The number of fused-ring (bicyclic) bond motifs is 1. The van der Waals surface area contributed by atoms with E-state index in [4.69, 9.17) is 4.74 Å². The van der Waals surface area contributed by atoms with E-state index in [-0.39, 0.29) is 22.5 Å². The zero-order chi connectivity index (χ0) is 22.0. The molecular weight excluding hydrogens is 418 g/mol. The highest BCUT2D eigenvalue weighted by Gasteiger charge is 2.36. The molecule has 1 amide bonds. The van der Waals surface area contributed by atoms with Crippen molar-refractivity contribution in [2.24, 2.45) is 0 Å². The first-order valence-electron chi connectivity index (χ1n) is 9.74. The van der Waals surface area contributed by atoms with Gasteiger partial charge in [-0.2, -0.15) is 18.3 Å². The molecule has 0 unspecified atom stereocenters. The summed E-state index contributed by atoms with van der Waals surface area (Å²) in [4.78, 5) is 18.1. The van der Waals surface area contributed by atoms with Crippen LogP contribution in [0.3, 0.4) is 0 Å². The second-order valence-corrected chi connectivity index (χ2v) is 7.19. The molecule has 0 aliphatic carbocycles. The smallest absolute Gasteiger partial charge is 0.370 e. The van der Waals surface area contributed by atoms with Gasteiger partial charge < -0.3 is 15.0 Å². The molecule has 164 valence electrons. The van der Waals surface area contributed by atoms with Gasteiger partial charge in [0.1, 0.15) is 24.5 Å². The first kappa shape index (κ1) is 21.2. The minimum atomic E-state index is -4.73. The van der Waals surface area contributed by atoms with Crippen molar-refractivity contribution in [1.29, 1.82) is 0 Å². The molecule has 2 aromatic heterocycles. The van der Waals surface area contributed by atoms with Gasteiger partial charge in [0.2, 0.25) is 0 Å². The number of benzene rings is 1. The molecule has 0 atom stereocenters. The number of alkyl halides is 3. The van der Waals surface area contributed by atoms with Crippen LogP contribution in [0.15, 0.2) is 36.5 Å². The summed E-state index contributed by atoms with van der Waals surface area (Å²) in [5.74, 6) is -1.08. The number of amides is 1. The van der Waals surface area contributed by atoms with Crippen molar-refractivity contribution in [2.75, 3.05) is 39.4 Å². The zero-order valence-corrected chi connectivity index (χ0v) is 16.4. The van der Waals surface area contributed by atoms with Crippen LogP contribution in [-0.4, -0.2) is 59.9 Å². The third kappa shape index (κ3) is 4.67. The van der Waals surface area contributed by atoms with Crippen LogP contribution in [0, 0.1) is 5.82 Å². The molecule has 1 aliphatic rings. The maximum atomic E-state index is 13.6. The standard InChI is InChI=1S/C20H19F4N5O2/c21-14-3-1-13(2-4-14)16-11-17(20(22,23)24)29-18(27-16)15(12-26-29)19(30)25-5-6-28-7-9-31-10-8-28/h1-4,11-12H,5-10H2,(H,25,30)/p+1. The van der Waals surface area contributed by atoms with Crippen LogP contribution in [-0.2, 0) is 10.9 Å². The number of rotatable bonds is 5. The Morgan fingerprint density at radius 3 is 2.58 bits per heavy atom. The van der Waals surface area contributed by atoms with E-state index in [1.165, 1.54) is 17.0 Å². The van der Waals surface area contributed by atoms with Gasteiger partial charge in [-0.3, -0.25) is 4.79 Å². The number of morpholine rings is 1. The molecule has 7 nitrogen and oxygen atoms in total. The monoisotopic (exact) mass is 438 g/mol. The molecule has 31 heavy (non-hydrogen) atoms. The van der Waals surface area contributed by atoms with Crippen molar-refractivity contribution >= 4 is 11.6 Å². The lowest BCUT2D eigenvalue weighted by Gasteiger charge is -2.23. The van der Waals surface area contributed by atoms with Gasteiger partial charge >= 0.3 is 6.18 Å². The van der Waals surface area contributed by atoms with E-state index < -0.39 is 23.6 Å². The lowest BCUT2D eigenvalue weighted by Crippen LogP contribution is -3.14. The number of aromatic nitrogens is 3. The lowest BCUT2D eigenvalue weighted by molar-refractivity contribution is -0.906. The minimum Gasteiger partial charge on any atom is -0.370 e. The fourth-order valence-corrected chi connectivity index (χ4v) is 3.45. The highest BCUT2D eigenvalue weighted by molar-refractivity contribution is 5.99. The van der Waals surface area contributed by atoms with Crippen molar-refractivity contribution in [2.45, 2.75) is 6.18 Å². The van der Waals surface area contributed by atoms with Gasteiger partial charge in [-0.15, -0.1) is 0 Å². The Morgan fingerprint density at radius 2 is 1.90 bits per heavy atom. The Hall–Kier alpha value is -3.05. The Labute approximate surface area is 174 Å². The van der Waals surface area contributed by atoms with Gasteiger partial charge in [-0.25, -0.2) is 13.9 Å². The summed E-state index contributed by atoms with van der Waals surface area (Å²) in [5.41, 5.74) is -1.10. The maximum absolute atomic E-state index is 13.6. The third-order valence-corrected chi connectivity index (χ3v) is 5.11. The Bertz CT molecular complexity index is 1080. The minimum absolute atomic E-state index is 0.0351. The lowest BCUT2D eigenvalue weighted by atomic mass is 10.1. The summed E-state index contributed by atoms with van der Waals surface area (Å²) < 4.78 is 60.0. The predicted molar refractivity (Wildman–Crippen MR) is 102 cm³/mol. The predicted octanol–water partition coefficient (Wildman–Crippen LogP) is 1.20. The summed E-state index contributed by atoms with van der Waals surface area (Å²) >= 11 is 0. The first-order chi connectivity index (χ1) is 14.8. The van der Waals surface area contributed by atoms with Gasteiger partial charge in [0, 0.05) is 5.56 Å². The topological polar surface area (TPSA) is 73.0 Å². The number of hydrogen-bond donors (Lipinski definition) is 2. The molecule has 1 aromatic carbocycles. The molecule has 1 fully saturated rings. The van der Waals surface area contributed by atoms with Gasteiger partial charge in [-0.1, -0.05) is 0 Å². The molecule has 4 rings (SSSR count). The summed E-state index contributed by atoms with van der Waals surface area (Å²) in [7, 11) is 0. The Balaban J connectivity index is 1.63. The molecule has 0 spiro atoms. The fraction of sp³-hybridized carbons (Fsp3) is 0.350. The van der Waals surface area contributed by atoms with Gasteiger partial charge in [-0.05, 0) is 30.3 Å². The Morgan fingerprint density at radius 1 is 1.19 bits per heavy atom. The summed E-state index contributed by atoms with van der Waals surface area (Å²) in [6.07, 6.45) is -3.65. The molecule has 0 saturated carbocycles. The number of carbonyl (C=O) groups is 1. The van der Waals surface area contributed by atoms with Crippen LogP contribution in [0.2, 0.25) is 0 Å². The van der Waals surface area contributed by atoms with E-state index in [1.54, 1.807) is 0 Å². The maximum Gasteiger partial charge on any atom is 0.433 e. The second-order valence-electron chi connectivity index (χ2n) is 7.19. The van der Waals surface area contributed by atoms with Crippen LogP contribution in [0.25, 0.3) is 16.9 Å². The molecular formula is C20H20F4N5O2+. The highest BCUT2D eigenvalue weighted by atomic mass is 19.4. The van der Waals surface area contributed by atoms with Gasteiger partial charge in [0.15, 0.2) is 11.3 Å². The van der Waals surface area contributed by atoms with Crippen LogP contribution in [0.4, 0.5) is 17.6 Å². The van der Waals surface area contributed by atoms with Gasteiger partial charge in [0.05, 0.1) is 38.2 Å². The van der Waals surface area contributed by atoms with Crippen molar-refractivity contribution in [3.63, 3.8) is 0 Å². The van der Waals surface area contributed by atoms with Crippen LogP contribution < -0.4 is 10.2 Å². The normalized spacial score (nSPS) is 15.4. The first-order valence-corrected chi connectivity index (χ1v) is 9.74. The molecule has 1 aliphatic heterocycles. The fourth-order valence-electron chi connectivity index (χ4n) is 3.45. The molecule has 11 heteroatoms. The molecule has 2 N–H and O–H groups in total. The average molecular weight is 438 g/mol. The van der Waals surface area contributed by atoms with Gasteiger partial charge in [0.25, 0.3) is 5.91 Å². The summed E-state index contributed by atoms with van der Waals surface area (Å²) in [5, 5.41) is 6.47. The van der Waals surface area contributed by atoms with Crippen molar-refractivity contribution < 1.29 is 32.0 Å². The number of quaternary nitrogens is 1. The van der Waals surface area contributed by atoms with Crippen LogP contribution in [0.1, 0.15) is 16.1 Å². The van der Waals surface area contributed by atoms with E-state index in [0.717, 1.165) is 37.5 Å². The number of carbonyl (C=O) groups excluding carboxylic acids is 1. The second kappa shape index (κ2) is 8.60. The van der Waals surface area contributed by atoms with Crippen molar-refractivity contribution in [3.8, 4) is 11.3 Å². The number of nitrogens with zero attached hydrogens (tertiary/aromatic N) is 3. The van der Waals surface area contributed by atoms with E-state index in [1.807, 2.05) is 0 Å². The number of nitrogens with one attached hydrogen (secondary N) is 2. The van der Waals surface area contributed by atoms with Crippen molar-refractivity contribution in [3.05, 3.63) is 53.6 Å². The zero-order valence-electron chi connectivity index (χ0n) is 16.4. The number of hydrogen-bond acceptors (Lipinski definition) is 4. The van der Waals surface area contributed by atoms with E-state index in [2.05, 4.69) is 15.4 Å². The third-order valence-electron chi connectivity index (χ3n) is 5.11. The molecule has 3 heterocycles. The van der Waals surface area contributed by atoms with E-state index >= 15 is 0 Å². The summed E-state index contributed by atoms with van der Waals surface area (Å²) in [6.45, 7) is 4.03. The quantitative estimate of drug-likeness (QED) is 0.588. The largest absolute Gasteiger partial charge is 0.433 e. The van der Waals surface area contributed by atoms with Crippen LogP contribution in [0.5, 0.6) is 0 Å². The van der Waals surface area contributed by atoms with E-state index in [0.29, 0.717) is 30.8 Å². The SMILES string of the molecule is O=C(NCC[NH+]1CCOCC1)c1cnn2c(C(F)(F)F)cc(-c3ccc(F)cc3)nc12. The summed E-state index contributed by atoms with van der Waals surface area (Å²) in [6, 6.07) is 5.75.